The number of aromatic amines is 1. The summed E-state index contributed by atoms with van der Waals surface area (Å²) in [5.74, 6) is 0. The van der Waals surface area contributed by atoms with Gasteiger partial charge in [0.15, 0.2) is 6.29 Å². The van der Waals surface area contributed by atoms with Gasteiger partial charge in [0.1, 0.15) is 0 Å². The lowest BCUT2D eigenvalue weighted by molar-refractivity contribution is -0.0435. The molecule has 0 amide bonds. The van der Waals surface area contributed by atoms with Crippen LogP contribution in [0, 0.1) is 0 Å². The highest BCUT2D eigenvalue weighted by atomic mass is 16.5. The predicted octanol–water partition coefficient (Wildman–Crippen LogP) is -0.0795. The van der Waals surface area contributed by atoms with Gasteiger partial charge in [0.05, 0.1) is 5.56 Å². The maximum Gasteiger partial charge on any atom is 0.256 e. The molecule has 1 aromatic heterocycles. The van der Waals surface area contributed by atoms with E-state index in [2.05, 4.69) is 4.98 Å². The lowest BCUT2D eigenvalue weighted by atomic mass is 10.2. The Hall–Kier alpha value is -1.13. The molecule has 12 heavy (non-hydrogen) atoms. The molecule has 0 radical (unpaired) electrons. The molecule has 4 nitrogen and oxygen atoms in total. The van der Waals surface area contributed by atoms with Crippen LogP contribution in [-0.4, -0.2) is 15.2 Å². The second-order valence-electron chi connectivity index (χ2n) is 2.50. The fourth-order valence-corrected chi connectivity index (χ4v) is 0.935. The summed E-state index contributed by atoms with van der Waals surface area (Å²) in [6, 6.07) is 3.08. The number of hydrogen-bond acceptors (Lipinski definition) is 3. The van der Waals surface area contributed by atoms with E-state index in [0.717, 1.165) is 12.1 Å². The number of rotatable bonds is 2. The first-order valence-electron chi connectivity index (χ1n) is 3.73. The Bertz CT molecular complexity index is 316. The summed E-state index contributed by atoms with van der Waals surface area (Å²) in [6.45, 7) is 1.90. The minimum absolute atomic E-state index is 0.0211. The summed E-state index contributed by atoms with van der Waals surface area (Å²) >= 11 is 0. The van der Waals surface area contributed by atoms with Crippen molar-refractivity contribution in [1.82, 2.24) is 4.98 Å². The fraction of sp³-hybridized carbons (Fsp3) is 0.375. The molecule has 0 aliphatic carbocycles. The Kier molecular flexibility index (Phi) is 2.62. The summed E-state index contributed by atoms with van der Waals surface area (Å²) in [5.41, 5.74) is 0.320. The van der Waals surface area contributed by atoms with E-state index in [4.69, 9.17) is 10.2 Å². The maximum absolute atomic E-state index is 11.1. The summed E-state index contributed by atoms with van der Waals surface area (Å²) in [4.78, 5) is 13.6. The third kappa shape index (κ3) is 1.72. The van der Waals surface area contributed by atoms with Crippen LogP contribution in [0.3, 0.4) is 0 Å². The molecule has 1 aromatic rings. The van der Waals surface area contributed by atoms with Crippen molar-refractivity contribution in [3.8, 4) is 0 Å². The molecule has 0 saturated carbocycles. The van der Waals surface area contributed by atoms with Crippen molar-refractivity contribution < 1.29 is 10.2 Å². The molecule has 1 heterocycles. The lowest BCUT2D eigenvalue weighted by Gasteiger charge is -2.02. The maximum atomic E-state index is 11.1. The zero-order valence-electron chi connectivity index (χ0n) is 6.74. The van der Waals surface area contributed by atoms with Gasteiger partial charge in [-0.25, -0.2) is 0 Å². The van der Waals surface area contributed by atoms with Crippen molar-refractivity contribution in [1.29, 1.82) is 0 Å². The summed E-state index contributed by atoms with van der Waals surface area (Å²) < 4.78 is 0. The van der Waals surface area contributed by atoms with Crippen molar-refractivity contribution in [2.24, 2.45) is 0 Å². The van der Waals surface area contributed by atoms with Gasteiger partial charge >= 0.3 is 0 Å². The first-order chi connectivity index (χ1) is 5.65. The first kappa shape index (κ1) is 8.96. The zero-order valence-corrected chi connectivity index (χ0v) is 6.74. The molecule has 0 atom stereocenters. The van der Waals surface area contributed by atoms with Crippen molar-refractivity contribution >= 4 is 0 Å². The van der Waals surface area contributed by atoms with E-state index < -0.39 is 11.8 Å². The van der Waals surface area contributed by atoms with Crippen molar-refractivity contribution in [2.75, 3.05) is 0 Å². The van der Waals surface area contributed by atoms with E-state index >= 15 is 0 Å². The molecule has 0 bridgehead atoms. The molecule has 0 saturated heterocycles. The summed E-state index contributed by atoms with van der Waals surface area (Å²) in [6.07, 6.45) is -0.975. The van der Waals surface area contributed by atoms with Crippen LogP contribution >= 0.6 is 0 Å². The standard InChI is InChI=1S/C8H11NO3/c1-2-5-3-4-6(8(11)12)7(10)9-5/h3-4,8,11-12H,2H2,1H3,(H,9,10). The number of aliphatic hydroxyl groups is 2. The van der Waals surface area contributed by atoms with E-state index in [1.807, 2.05) is 6.92 Å². The van der Waals surface area contributed by atoms with E-state index in [9.17, 15) is 4.79 Å². The first-order valence-corrected chi connectivity index (χ1v) is 3.73. The van der Waals surface area contributed by atoms with Crippen molar-refractivity contribution in [3.63, 3.8) is 0 Å². The molecule has 3 N–H and O–H groups in total. The van der Waals surface area contributed by atoms with Crippen LogP contribution in [0.4, 0.5) is 0 Å². The zero-order chi connectivity index (χ0) is 9.14. The van der Waals surface area contributed by atoms with Crippen LogP contribution in [0.1, 0.15) is 24.5 Å². The second-order valence-corrected chi connectivity index (χ2v) is 2.50. The van der Waals surface area contributed by atoms with Crippen LogP contribution in [0.25, 0.3) is 0 Å². The van der Waals surface area contributed by atoms with E-state index in [1.54, 1.807) is 6.07 Å². The topological polar surface area (TPSA) is 73.3 Å². The number of nitrogens with one attached hydrogen (secondary N) is 1. The number of aliphatic hydroxyl groups excluding tert-OH is 1. The Labute approximate surface area is 69.5 Å². The molecule has 4 heteroatoms. The Morgan fingerprint density at radius 1 is 1.50 bits per heavy atom. The van der Waals surface area contributed by atoms with Crippen molar-refractivity contribution in [3.05, 3.63) is 33.7 Å². The van der Waals surface area contributed by atoms with Crippen LogP contribution in [0.5, 0.6) is 0 Å². The highest BCUT2D eigenvalue weighted by Gasteiger charge is 2.06. The molecule has 0 fully saturated rings. The van der Waals surface area contributed by atoms with Crippen LogP contribution in [0.2, 0.25) is 0 Å². The highest BCUT2D eigenvalue weighted by Crippen LogP contribution is 2.03. The van der Waals surface area contributed by atoms with Gasteiger partial charge in [-0.05, 0) is 18.6 Å². The molecular weight excluding hydrogens is 158 g/mol. The van der Waals surface area contributed by atoms with Gasteiger partial charge in [-0.1, -0.05) is 6.92 Å². The van der Waals surface area contributed by atoms with Gasteiger partial charge in [0, 0.05) is 5.69 Å². The number of aryl methyl sites for hydroxylation is 1. The SMILES string of the molecule is CCc1ccc(C(O)O)c(=O)[nH]1. The summed E-state index contributed by atoms with van der Waals surface area (Å²) in [7, 11) is 0. The molecular formula is C8H11NO3. The van der Waals surface area contributed by atoms with E-state index in [1.165, 1.54) is 6.07 Å². The van der Waals surface area contributed by atoms with Gasteiger partial charge < -0.3 is 15.2 Å². The minimum atomic E-state index is -1.69. The molecule has 1 rings (SSSR count). The lowest BCUT2D eigenvalue weighted by Crippen LogP contribution is -2.16. The monoisotopic (exact) mass is 169 g/mol. The van der Waals surface area contributed by atoms with Gasteiger partial charge in [0.25, 0.3) is 5.56 Å². The molecule has 66 valence electrons. The van der Waals surface area contributed by atoms with Gasteiger partial charge in [0.2, 0.25) is 0 Å². The number of pyridine rings is 1. The van der Waals surface area contributed by atoms with Crippen molar-refractivity contribution in [2.45, 2.75) is 19.6 Å². The minimum Gasteiger partial charge on any atom is -0.364 e. The third-order valence-corrected chi connectivity index (χ3v) is 1.66. The molecule has 0 aliphatic rings. The molecule has 0 aromatic carbocycles. The molecule has 0 spiro atoms. The van der Waals surface area contributed by atoms with Crippen LogP contribution in [0.15, 0.2) is 16.9 Å². The predicted molar refractivity (Wildman–Crippen MR) is 43.6 cm³/mol. The average molecular weight is 169 g/mol. The average Bonchev–Trinajstić information content (AvgIpc) is 2.03. The van der Waals surface area contributed by atoms with E-state index in [-0.39, 0.29) is 5.56 Å². The third-order valence-electron chi connectivity index (χ3n) is 1.66. The Balaban J connectivity index is 3.12. The normalized spacial score (nSPS) is 10.7. The van der Waals surface area contributed by atoms with Gasteiger partial charge in [-0.3, -0.25) is 4.79 Å². The number of hydrogen-bond donors (Lipinski definition) is 3. The van der Waals surface area contributed by atoms with E-state index in [0.29, 0.717) is 0 Å². The van der Waals surface area contributed by atoms with Gasteiger partial charge in [-0.2, -0.15) is 0 Å². The summed E-state index contributed by atoms with van der Waals surface area (Å²) in [5, 5.41) is 17.4. The fourth-order valence-electron chi connectivity index (χ4n) is 0.935. The highest BCUT2D eigenvalue weighted by molar-refractivity contribution is 5.14. The Morgan fingerprint density at radius 2 is 2.17 bits per heavy atom. The van der Waals surface area contributed by atoms with Crippen LogP contribution < -0.4 is 5.56 Å². The molecule has 0 aliphatic heterocycles. The quantitative estimate of drug-likeness (QED) is 0.542. The molecule has 0 unspecified atom stereocenters. The largest absolute Gasteiger partial charge is 0.364 e. The van der Waals surface area contributed by atoms with Gasteiger partial charge in [-0.15, -0.1) is 0 Å². The number of H-pyrrole nitrogens is 1. The second kappa shape index (κ2) is 3.51. The number of aromatic nitrogens is 1. The smallest absolute Gasteiger partial charge is 0.256 e. The van der Waals surface area contributed by atoms with Crippen LogP contribution in [-0.2, 0) is 6.42 Å². The Morgan fingerprint density at radius 3 is 2.58 bits per heavy atom.